The maximum Gasteiger partial charge on any atom is 0.352 e. The molecule has 0 spiro atoms. The average molecular weight is 359 g/mol. The highest BCUT2D eigenvalue weighted by Gasteiger charge is 2.11. The lowest BCUT2D eigenvalue weighted by Crippen LogP contribution is -2.24. The van der Waals surface area contributed by atoms with Gasteiger partial charge in [0.2, 0.25) is 5.91 Å². The number of rotatable bonds is 7. The summed E-state index contributed by atoms with van der Waals surface area (Å²) in [7, 11) is 1.45. The van der Waals surface area contributed by atoms with Gasteiger partial charge >= 0.3 is 5.97 Å². The molecule has 1 amide bonds. The molecule has 0 unspecified atom stereocenters. The maximum atomic E-state index is 13.2. The fraction of sp³-hybridized carbons (Fsp3) is 0.158. The summed E-state index contributed by atoms with van der Waals surface area (Å²) < 4.78 is 24.1. The topological polar surface area (TPSA) is 84.9 Å². The van der Waals surface area contributed by atoms with Crippen molar-refractivity contribution in [1.29, 1.82) is 0 Å². The Hall–Kier alpha value is -3.35. The van der Waals surface area contributed by atoms with Gasteiger partial charge in [0.1, 0.15) is 18.1 Å². The number of methoxy groups -OCH3 is 1. The number of benzene rings is 2. The number of carboxylic acid groups (broad SMARTS) is 1. The second-order valence-corrected chi connectivity index (χ2v) is 5.37. The Morgan fingerprint density at radius 1 is 1.19 bits per heavy atom. The van der Waals surface area contributed by atoms with Crippen LogP contribution in [0.2, 0.25) is 0 Å². The van der Waals surface area contributed by atoms with Crippen LogP contribution in [-0.4, -0.2) is 24.1 Å². The number of carboxylic acids is 1. The molecule has 2 rings (SSSR count). The zero-order valence-electron chi connectivity index (χ0n) is 14.3. The summed E-state index contributed by atoms with van der Waals surface area (Å²) >= 11 is 0. The molecule has 2 aromatic rings. The highest BCUT2D eigenvalue weighted by Crippen LogP contribution is 2.29. The van der Waals surface area contributed by atoms with Crippen LogP contribution >= 0.6 is 0 Å². The first-order valence-electron chi connectivity index (χ1n) is 7.67. The van der Waals surface area contributed by atoms with E-state index in [0.717, 1.165) is 0 Å². The van der Waals surface area contributed by atoms with E-state index in [4.69, 9.17) is 14.6 Å². The van der Waals surface area contributed by atoms with E-state index < -0.39 is 11.9 Å². The van der Waals surface area contributed by atoms with Gasteiger partial charge in [-0.05, 0) is 41.5 Å². The minimum Gasteiger partial charge on any atom is -0.493 e. The monoisotopic (exact) mass is 359 g/mol. The molecule has 0 aliphatic rings. The molecule has 0 saturated heterocycles. The Morgan fingerprint density at radius 3 is 2.58 bits per heavy atom. The van der Waals surface area contributed by atoms with Crippen molar-refractivity contribution < 1.29 is 28.6 Å². The molecule has 0 fully saturated rings. The third-order valence-electron chi connectivity index (χ3n) is 3.32. The molecular formula is C19H18FNO5. The number of carbonyl (C=O) groups is 2. The SMILES string of the molecule is COc1cc(C=C(NC(C)=O)C(=O)O)ccc1OCc1cccc(F)c1. The smallest absolute Gasteiger partial charge is 0.352 e. The van der Waals surface area contributed by atoms with Gasteiger partial charge in [-0.25, -0.2) is 9.18 Å². The highest BCUT2D eigenvalue weighted by atomic mass is 19.1. The molecule has 6 nitrogen and oxygen atoms in total. The summed E-state index contributed by atoms with van der Waals surface area (Å²) in [5.41, 5.74) is 0.911. The highest BCUT2D eigenvalue weighted by molar-refractivity contribution is 5.96. The predicted octanol–water partition coefficient (Wildman–Crippen LogP) is 2.97. The number of halogens is 1. The summed E-state index contributed by atoms with van der Waals surface area (Å²) in [6, 6.07) is 10.8. The van der Waals surface area contributed by atoms with Crippen LogP contribution in [0.4, 0.5) is 4.39 Å². The van der Waals surface area contributed by atoms with Crippen molar-refractivity contribution in [2.24, 2.45) is 0 Å². The van der Waals surface area contributed by atoms with E-state index in [-0.39, 0.29) is 18.1 Å². The molecule has 0 aliphatic heterocycles. The molecule has 0 atom stereocenters. The average Bonchev–Trinajstić information content (AvgIpc) is 2.59. The number of ether oxygens (including phenoxy) is 2. The lowest BCUT2D eigenvalue weighted by atomic mass is 10.1. The van der Waals surface area contributed by atoms with E-state index in [0.29, 0.717) is 22.6 Å². The Bertz CT molecular complexity index is 848. The molecule has 136 valence electrons. The zero-order valence-corrected chi connectivity index (χ0v) is 14.3. The third-order valence-corrected chi connectivity index (χ3v) is 3.32. The predicted molar refractivity (Wildman–Crippen MR) is 93.2 cm³/mol. The van der Waals surface area contributed by atoms with Crippen LogP contribution < -0.4 is 14.8 Å². The van der Waals surface area contributed by atoms with Crippen LogP contribution in [0, 0.1) is 5.82 Å². The summed E-state index contributed by atoms with van der Waals surface area (Å²) in [6.45, 7) is 1.37. The van der Waals surface area contributed by atoms with Gasteiger partial charge in [-0.15, -0.1) is 0 Å². The first-order valence-corrected chi connectivity index (χ1v) is 7.67. The van der Waals surface area contributed by atoms with Crippen molar-refractivity contribution in [2.75, 3.05) is 7.11 Å². The van der Waals surface area contributed by atoms with Crippen molar-refractivity contribution in [3.05, 3.63) is 65.1 Å². The Morgan fingerprint density at radius 2 is 1.96 bits per heavy atom. The van der Waals surface area contributed by atoms with E-state index in [1.807, 2.05) is 0 Å². The van der Waals surface area contributed by atoms with Gasteiger partial charge in [-0.3, -0.25) is 4.79 Å². The number of amides is 1. The molecule has 0 heterocycles. The van der Waals surface area contributed by atoms with Crippen LogP contribution in [0.1, 0.15) is 18.1 Å². The van der Waals surface area contributed by atoms with Gasteiger partial charge < -0.3 is 19.9 Å². The molecule has 0 aromatic heterocycles. The molecule has 0 aliphatic carbocycles. The quantitative estimate of drug-likeness (QED) is 0.743. The van der Waals surface area contributed by atoms with E-state index in [9.17, 15) is 14.0 Å². The fourth-order valence-corrected chi connectivity index (χ4v) is 2.19. The van der Waals surface area contributed by atoms with Crippen molar-refractivity contribution in [3.63, 3.8) is 0 Å². The molecule has 2 aromatic carbocycles. The van der Waals surface area contributed by atoms with Crippen molar-refractivity contribution in [3.8, 4) is 11.5 Å². The summed E-state index contributed by atoms with van der Waals surface area (Å²) in [6.07, 6.45) is 1.31. The molecule has 26 heavy (non-hydrogen) atoms. The summed E-state index contributed by atoms with van der Waals surface area (Å²) in [4.78, 5) is 22.3. The standard InChI is InChI=1S/C19H18FNO5/c1-12(22)21-16(19(23)24)9-13-6-7-17(18(10-13)25-2)26-11-14-4-3-5-15(20)8-14/h3-10H,11H2,1-2H3,(H,21,22)(H,23,24). The first-order chi connectivity index (χ1) is 12.4. The van der Waals surface area contributed by atoms with E-state index in [1.165, 1.54) is 32.2 Å². The summed E-state index contributed by atoms with van der Waals surface area (Å²) in [5, 5.41) is 11.4. The van der Waals surface area contributed by atoms with Gasteiger partial charge in [0, 0.05) is 6.92 Å². The van der Waals surface area contributed by atoms with E-state index >= 15 is 0 Å². The number of nitrogens with one attached hydrogen (secondary N) is 1. The second-order valence-electron chi connectivity index (χ2n) is 5.37. The molecule has 0 radical (unpaired) electrons. The fourth-order valence-electron chi connectivity index (χ4n) is 2.19. The summed E-state index contributed by atoms with van der Waals surface area (Å²) in [5.74, 6) is -1.29. The second kappa shape index (κ2) is 8.66. The Kier molecular flexibility index (Phi) is 6.32. The first kappa shape index (κ1) is 19.0. The Balaban J connectivity index is 2.20. The van der Waals surface area contributed by atoms with Crippen LogP contribution in [0.15, 0.2) is 48.2 Å². The molecule has 7 heteroatoms. The van der Waals surface area contributed by atoms with Crippen LogP contribution in [0.3, 0.4) is 0 Å². The zero-order chi connectivity index (χ0) is 19.1. The maximum absolute atomic E-state index is 13.2. The minimum absolute atomic E-state index is 0.148. The lowest BCUT2D eigenvalue weighted by Gasteiger charge is -2.12. The number of aliphatic carboxylic acids is 1. The molecule has 0 bridgehead atoms. The van der Waals surface area contributed by atoms with Gasteiger partial charge in [-0.1, -0.05) is 18.2 Å². The number of carbonyl (C=O) groups excluding carboxylic acids is 1. The van der Waals surface area contributed by atoms with E-state index in [2.05, 4.69) is 5.32 Å². The van der Waals surface area contributed by atoms with Gasteiger partial charge in [0.25, 0.3) is 0 Å². The molecule has 2 N–H and O–H groups in total. The lowest BCUT2D eigenvalue weighted by molar-refractivity contribution is -0.134. The van der Waals surface area contributed by atoms with Crippen LogP contribution in [0.5, 0.6) is 11.5 Å². The minimum atomic E-state index is -1.26. The van der Waals surface area contributed by atoms with Gasteiger partial charge in [-0.2, -0.15) is 0 Å². The van der Waals surface area contributed by atoms with Crippen molar-refractivity contribution >= 4 is 18.0 Å². The Labute approximate surface area is 149 Å². The van der Waals surface area contributed by atoms with E-state index in [1.54, 1.807) is 30.3 Å². The molecule has 0 saturated carbocycles. The number of hydrogen-bond acceptors (Lipinski definition) is 4. The number of hydrogen-bond donors (Lipinski definition) is 2. The normalized spacial score (nSPS) is 11.0. The van der Waals surface area contributed by atoms with Crippen molar-refractivity contribution in [1.82, 2.24) is 5.32 Å². The van der Waals surface area contributed by atoms with Gasteiger partial charge in [0.15, 0.2) is 11.5 Å². The van der Waals surface area contributed by atoms with Crippen LogP contribution in [-0.2, 0) is 16.2 Å². The van der Waals surface area contributed by atoms with Gasteiger partial charge in [0.05, 0.1) is 7.11 Å². The third kappa shape index (κ3) is 5.34. The largest absolute Gasteiger partial charge is 0.493 e. The van der Waals surface area contributed by atoms with Crippen LogP contribution in [0.25, 0.3) is 6.08 Å². The van der Waals surface area contributed by atoms with Crippen molar-refractivity contribution in [2.45, 2.75) is 13.5 Å². The molecular weight excluding hydrogens is 341 g/mol.